The van der Waals surface area contributed by atoms with Gasteiger partial charge in [-0.05, 0) is 72.9 Å². The maximum Gasteiger partial charge on any atom is 0.212 e. The number of hydrogen-bond donors (Lipinski definition) is 0. The van der Waals surface area contributed by atoms with Gasteiger partial charge in [-0.25, -0.2) is 0 Å². The molecule has 6 heteroatoms. The van der Waals surface area contributed by atoms with Gasteiger partial charge in [0.15, 0.2) is 5.69 Å². The molecule has 4 nitrogen and oxygen atoms in total. The van der Waals surface area contributed by atoms with E-state index in [0.29, 0.717) is 0 Å². The predicted molar refractivity (Wildman–Crippen MR) is 210 cm³/mol. The molecule has 0 atom stereocenters. The van der Waals surface area contributed by atoms with Crippen LogP contribution in [-0.2, 0) is 20.5 Å². The van der Waals surface area contributed by atoms with Crippen molar-refractivity contribution < 1.29 is 9.13 Å². The van der Waals surface area contributed by atoms with Gasteiger partial charge >= 0.3 is 0 Å². The van der Waals surface area contributed by atoms with Gasteiger partial charge in [0.05, 0.1) is 0 Å². The number of aryl methyl sites for hydroxylation is 3. The van der Waals surface area contributed by atoms with Crippen LogP contribution in [0.5, 0.6) is 0 Å². The van der Waals surface area contributed by atoms with E-state index in [-0.39, 0.29) is 0 Å². The molecule has 1 aliphatic carbocycles. The van der Waals surface area contributed by atoms with Crippen molar-refractivity contribution in [2.24, 2.45) is 14.1 Å². The molecule has 0 N–H and O–H groups in total. The van der Waals surface area contributed by atoms with Gasteiger partial charge in [-0.15, -0.1) is 0 Å². The third-order valence-corrected chi connectivity index (χ3v) is 11.9. The highest BCUT2D eigenvalue weighted by Gasteiger charge is 2.17. The van der Waals surface area contributed by atoms with Gasteiger partial charge in [0, 0.05) is 97.6 Å². The molecular formula is C42H48N4S2+2. The first kappa shape index (κ1) is 33.9. The fourth-order valence-electron chi connectivity index (χ4n) is 6.65. The Morgan fingerprint density at radius 3 is 2.08 bits per heavy atom. The van der Waals surface area contributed by atoms with Crippen LogP contribution in [0.4, 0.5) is 5.69 Å². The summed E-state index contributed by atoms with van der Waals surface area (Å²) in [5, 5.41) is 2.56. The Bertz CT molecular complexity index is 1960. The molecule has 0 spiro atoms. The van der Waals surface area contributed by atoms with E-state index >= 15 is 0 Å². The molecule has 0 saturated heterocycles. The average molecular weight is 673 g/mol. The highest BCUT2D eigenvalue weighted by Crippen LogP contribution is 2.28. The molecule has 0 fully saturated rings. The number of hydrogen-bond acceptors (Lipinski definition) is 4. The van der Waals surface area contributed by atoms with Crippen molar-refractivity contribution in [3.63, 3.8) is 0 Å². The van der Waals surface area contributed by atoms with Crippen LogP contribution < -0.4 is 14.0 Å². The van der Waals surface area contributed by atoms with Gasteiger partial charge in [-0.2, -0.15) is 9.13 Å². The lowest BCUT2D eigenvalue weighted by molar-refractivity contribution is -0.652. The van der Waals surface area contributed by atoms with Gasteiger partial charge < -0.3 is 9.80 Å². The summed E-state index contributed by atoms with van der Waals surface area (Å²) in [7, 11) is 12.8. The molecule has 0 bridgehead atoms. The third kappa shape index (κ3) is 8.16. The number of pyridine rings is 2. The molecule has 246 valence electrons. The van der Waals surface area contributed by atoms with Gasteiger partial charge in [0.2, 0.25) is 16.7 Å². The Morgan fingerprint density at radius 2 is 1.31 bits per heavy atom. The zero-order valence-corrected chi connectivity index (χ0v) is 30.4. The molecule has 3 aromatic carbocycles. The second-order valence-corrected chi connectivity index (χ2v) is 15.3. The molecule has 2 heterocycles. The van der Waals surface area contributed by atoms with Crippen LogP contribution >= 0.6 is 21.6 Å². The summed E-state index contributed by atoms with van der Waals surface area (Å²) in [6.45, 7) is 2.06. The standard InChI is InChI=1S/C42H48N4S2/c1-43(39-17-9-5-13-33(39)21-25-37-27-23-35-15-7-11-19-41(35)45(37)3)29-31-47-48-32-30-44(2)40-18-10-6-14-34(40)22-26-38-28-24-36-16-8-12-20-42(36)46(38)4/h5,7-13,15-21,23-25,27-28H,6,14,22,26,29-32H2,1-4H3/q+2. The molecule has 1 aliphatic rings. The second kappa shape index (κ2) is 16.4. The molecular weight excluding hydrogens is 625 g/mol. The van der Waals surface area contributed by atoms with E-state index in [2.05, 4.69) is 168 Å². The van der Waals surface area contributed by atoms with E-state index in [1.807, 2.05) is 21.6 Å². The molecule has 0 amide bonds. The minimum absolute atomic E-state index is 1.01. The zero-order chi connectivity index (χ0) is 33.3. The molecule has 6 rings (SSSR count). The predicted octanol–water partition coefficient (Wildman–Crippen LogP) is 8.80. The van der Waals surface area contributed by atoms with E-state index < -0.39 is 0 Å². The fourth-order valence-corrected chi connectivity index (χ4v) is 8.74. The summed E-state index contributed by atoms with van der Waals surface area (Å²) in [5.41, 5.74) is 10.7. The number of nitrogens with zero attached hydrogens (tertiary/aromatic N) is 4. The first-order valence-electron chi connectivity index (χ1n) is 17.1. The number of para-hydroxylation sites is 3. The molecule has 0 saturated carbocycles. The Hall–Kier alpha value is -4.00. The van der Waals surface area contributed by atoms with Crippen molar-refractivity contribution in [3.05, 3.63) is 137 Å². The monoisotopic (exact) mass is 672 g/mol. The van der Waals surface area contributed by atoms with Crippen LogP contribution in [0.25, 0.3) is 34.0 Å². The van der Waals surface area contributed by atoms with Crippen LogP contribution in [0.3, 0.4) is 0 Å². The van der Waals surface area contributed by atoms with Crippen molar-refractivity contribution >= 4 is 61.2 Å². The lowest BCUT2D eigenvalue weighted by atomic mass is 9.96. The number of aromatic nitrogens is 2. The second-order valence-electron chi connectivity index (χ2n) is 12.6. The number of benzene rings is 3. The van der Waals surface area contributed by atoms with Crippen LogP contribution in [0, 0.1) is 0 Å². The summed E-state index contributed by atoms with van der Waals surface area (Å²) in [6.07, 6.45) is 13.7. The van der Waals surface area contributed by atoms with Gasteiger partial charge in [-0.3, -0.25) is 0 Å². The van der Waals surface area contributed by atoms with Crippen LogP contribution in [0.15, 0.2) is 120 Å². The molecule has 48 heavy (non-hydrogen) atoms. The Kier molecular flexibility index (Phi) is 11.6. The summed E-state index contributed by atoms with van der Waals surface area (Å²) < 4.78 is 4.63. The van der Waals surface area contributed by atoms with Crippen molar-refractivity contribution in [1.29, 1.82) is 0 Å². The maximum atomic E-state index is 2.48. The lowest BCUT2D eigenvalue weighted by Crippen LogP contribution is -2.34. The number of fused-ring (bicyclic) bond motifs is 2. The fraction of sp³-hybridized carbons (Fsp3) is 0.286. The zero-order valence-electron chi connectivity index (χ0n) is 28.8. The van der Waals surface area contributed by atoms with Crippen LogP contribution in [0.1, 0.15) is 36.2 Å². The Labute approximate surface area is 294 Å². The Balaban J connectivity index is 0.977. The van der Waals surface area contributed by atoms with Crippen LogP contribution in [-0.4, -0.2) is 43.6 Å². The summed E-state index contributed by atoms with van der Waals surface area (Å²) >= 11 is 0. The van der Waals surface area contributed by atoms with E-state index in [0.717, 1.165) is 43.9 Å². The average Bonchev–Trinajstić information content (AvgIpc) is 3.13. The number of allylic oxidation sites excluding steroid dienone is 3. The molecule has 0 unspecified atom stereocenters. The first-order valence-corrected chi connectivity index (χ1v) is 19.6. The number of likely N-dealkylation sites (N-methyl/N-ethyl adjacent to an activating group) is 1. The van der Waals surface area contributed by atoms with Crippen molar-refractivity contribution in [2.75, 3.05) is 43.6 Å². The van der Waals surface area contributed by atoms with E-state index in [1.54, 1.807) is 5.57 Å². The third-order valence-electron chi connectivity index (χ3n) is 9.53. The number of anilines is 1. The molecule has 2 aromatic heterocycles. The minimum atomic E-state index is 1.01. The molecule has 5 aromatic rings. The summed E-state index contributed by atoms with van der Waals surface area (Å²) in [5.74, 6) is 2.19. The van der Waals surface area contributed by atoms with E-state index in [4.69, 9.17) is 0 Å². The highest BCUT2D eigenvalue weighted by molar-refractivity contribution is 8.76. The molecule has 0 aliphatic heterocycles. The maximum absolute atomic E-state index is 2.48. The SMILES string of the molecule is CN(CCSSCCN(C)c1ccccc1/C=C/c1ccc2ccccc2[n+]1C)C1=C(CCc2ccc3ccccc3[n+]2C)CCC=C1. The van der Waals surface area contributed by atoms with Crippen molar-refractivity contribution in [1.82, 2.24) is 4.90 Å². The lowest BCUT2D eigenvalue weighted by Gasteiger charge is -2.26. The van der Waals surface area contributed by atoms with Gasteiger partial charge in [0.1, 0.15) is 14.1 Å². The number of rotatable bonds is 14. The van der Waals surface area contributed by atoms with Gasteiger partial charge in [0.25, 0.3) is 0 Å². The molecule has 0 radical (unpaired) electrons. The van der Waals surface area contributed by atoms with Crippen LogP contribution in [0.2, 0.25) is 0 Å². The highest BCUT2D eigenvalue weighted by atomic mass is 33.1. The summed E-state index contributed by atoms with van der Waals surface area (Å²) in [6, 6.07) is 34.9. The van der Waals surface area contributed by atoms with E-state index in [1.165, 1.54) is 56.6 Å². The Morgan fingerprint density at radius 1 is 0.667 bits per heavy atom. The quantitative estimate of drug-likeness (QED) is 0.0665. The largest absolute Gasteiger partial charge is 0.374 e. The summed E-state index contributed by atoms with van der Waals surface area (Å²) in [4.78, 5) is 4.86. The smallest absolute Gasteiger partial charge is 0.212 e. The van der Waals surface area contributed by atoms with Gasteiger partial charge in [-0.1, -0.05) is 70.1 Å². The first-order chi connectivity index (χ1) is 23.5. The normalized spacial score (nSPS) is 13.2. The van der Waals surface area contributed by atoms with Crippen molar-refractivity contribution in [2.45, 2.75) is 25.7 Å². The van der Waals surface area contributed by atoms with E-state index in [9.17, 15) is 0 Å². The topological polar surface area (TPSA) is 14.2 Å². The van der Waals surface area contributed by atoms with Crippen molar-refractivity contribution in [3.8, 4) is 0 Å². The minimum Gasteiger partial charge on any atom is -0.374 e.